The molecule has 2 aromatic rings. The van der Waals surface area contributed by atoms with Gasteiger partial charge in [0.05, 0.1) is 0 Å². The second kappa shape index (κ2) is 6.82. The molecule has 2 N–H and O–H groups in total. The Kier molecular flexibility index (Phi) is 4.79. The number of nitrogens with one attached hydrogen (secondary N) is 2. The quantitative estimate of drug-likeness (QED) is 0.756. The number of hydrogen-bond acceptors (Lipinski definition) is 2. The van der Waals surface area contributed by atoms with Crippen LogP contribution >= 0.6 is 0 Å². The largest absolute Gasteiger partial charge is 0.385 e. The smallest absolute Gasteiger partial charge is 0.0340 e. The first-order valence-electron chi connectivity index (χ1n) is 6.44. The van der Waals surface area contributed by atoms with Crippen LogP contribution in [0.25, 0.3) is 11.1 Å². The standard InChI is InChI=1S/C16H20N2/c1-17-12-5-13-18-16-10-8-15(9-11-16)14-6-3-2-4-7-14/h2-4,6-11,17-18H,5,12-13H2,1H3. The minimum absolute atomic E-state index is 1.01. The van der Waals surface area contributed by atoms with Crippen molar-refractivity contribution in [3.05, 3.63) is 54.6 Å². The van der Waals surface area contributed by atoms with Gasteiger partial charge >= 0.3 is 0 Å². The molecule has 2 aromatic carbocycles. The lowest BCUT2D eigenvalue weighted by Gasteiger charge is -2.07. The second-order valence-corrected chi connectivity index (χ2v) is 4.33. The predicted molar refractivity (Wildman–Crippen MR) is 78.9 cm³/mol. The molecule has 0 saturated heterocycles. The second-order valence-electron chi connectivity index (χ2n) is 4.33. The molecule has 0 atom stereocenters. The first kappa shape index (κ1) is 12.7. The zero-order chi connectivity index (χ0) is 12.6. The minimum Gasteiger partial charge on any atom is -0.385 e. The highest BCUT2D eigenvalue weighted by Gasteiger charge is 1.96. The van der Waals surface area contributed by atoms with E-state index in [1.807, 2.05) is 13.1 Å². The molecule has 2 nitrogen and oxygen atoms in total. The van der Waals surface area contributed by atoms with Crippen molar-refractivity contribution < 1.29 is 0 Å². The SMILES string of the molecule is CNCCCNc1ccc(-c2ccccc2)cc1. The molecule has 0 amide bonds. The van der Waals surface area contributed by atoms with Gasteiger partial charge in [-0.25, -0.2) is 0 Å². The summed E-state index contributed by atoms with van der Waals surface area (Å²) < 4.78 is 0. The van der Waals surface area contributed by atoms with Crippen molar-refractivity contribution >= 4 is 5.69 Å². The van der Waals surface area contributed by atoms with Gasteiger partial charge in [-0.15, -0.1) is 0 Å². The van der Waals surface area contributed by atoms with Gasteiger partial charge in [0, 0.05) is 12.2 Å². The van der Waals surface area contributed by atoms with E-state index in [1.54, 1.807) is 0 Å². The molecule has 0 spiro atoms. The van der Waals surface area contributed by atoms with Crippen LogP contribution in [0, 0.1) is 0 Å². The topological polar surface area (TPSA) is 24.1 Å². The fourth-order valence-corrected chi connectivity index (χ4v) is 1.91. The van der Waals surface area contributed by atoms with Crippen molar-refractivity contribution in [2.45, 2.75) is 6.42 Å². The summed E-state index contributed by atoms with van der Waals surface area (Å²) in [5, 5.41) is 6.56. The van der Waals surface area contributed by atoms with E-state index >= 15 is 0 Å². The van der Waals surface area contributed by atoms with Crippen LogP contribution in [-0.4, -0.2) is 20.1 Å². The normalized spacial score (nSPS) is 10.3. The van der Waals surface area contributed by atoms with Crippen molar-refractivity contribution in [1.29, 1.82) is 0 Å². The van der Waals surface area contributed by atoms with E-state index in [0.717, 1.165) is 19.5 Å². The van der Waals surface area contributed by atoms with Gasteiger partial charge in [-0.3, -0.25) is 0 Å². The van der Waals surface area contributed by atoms with Gasteiger partial charge < -0.3 is 10.6 Å². The fourth-order valence-electron chi connectivity index (χ4n) is 1.91. The average Bonchev–Trinajstić information content (AvgIpc) is 2.45. The molecular formula is C16H20N2. The Morgan fingerprint density at radius 1 is 0.778 bits per heavy atom. The van der Waals surface area contributed by atoms with Gasteiger partial charge in [0.25, 0.3) is 0 Å². The lowest BCUT2D eigenvalue weighted by molar-refractivity contribution is 0.748. The zero-order valence-electron chi connectivity index (χ0n) is 10.8. The van der Waals surface area contributed by atoms with Gasteiger partial charge in [-0.1, -0.05) is 42.5 Å². The predicted octanol–water partition coefficient (Wildman–Crippen LogP) is 3.38. The van der Waals surface area contributed by atoms with Crippen LogP contribution < -0.4 is 10.6 Å². The Labute approximate surface area is 109 Å². The van der Waals surface area contributed by atoms with E-state index in [-0.39, 0.29) is 0 Å². The van der Waals surface area contributed by atoms with E-state index < -0.39 is 0 Å². The summed E-state index contributed by atoms with van der Waals surface area (Å²) in [6.45, 7) is 2.06. The summed E-state index contributed by atoms with van der Waals surface area (Å²) >= 11 is 0. The number of benzene rings is 2. The van der Waals surface area contributed by atoms with Crippen molar-refractivity contribution in [3.63, 3.8) is 0 Å². The van der Waals surface area contributed by atoms with Crippen LogP contribution in [0.2, 0.25) is 0 Å². The van der Waals surface area contributed by atoms with Crippen LogP contribution in [-0.2, 0) is 0 Å². The van der Waals surface area contributed by atoms with Gasteiger partial charge in [-0.05, 0) is 43.3 Å². The van der Waals surface area contributed by atoms with E-state index in [2.05, 4.69) is 59.2 Å². The minimum atomic E-state index is 1.01. The highest BCUT2D eigenvalue weighted by atomic mass is 14.9. The van der Waals surface area contributed by atoms with E-state index in [1.165, 1.54) is 16.8 Å². The summed E-state index contributed by atoms with van der Waals surface area (Å²) in [6.07, 6.45) is 1.14. The molecule has 0 heterocycles. The van der Waals surface area contributed by atoms with Gasteiger partial charge in [0.15, 0.2) is 0 Å². The molecule has 0 saturated carbocycles. The maximum absolute atomic E-state index is 3.42. The Balaban J connectivity index is 1.94. The summed E-state index contributed by atoms with van der Waals surface area (Å²) in [5.41, 5.74) is 3.71. The molecule has 0 aliphatic rings. The number of hydrogen-bond donors (Lipinski definition) is 2. The molecule has 0 fully saturated rings. The van der Waals surface area contributed by atoms with E-state index in [4.69, 9.17) is 0 Å². The molecule has 2 rings (SSSR count). The van der Waals surface area contributed by atoms with Gasteiger partial charge in [-0.2, -0.15) is 0 Å². The molecule has 2 heteroatoms. The van der Waals surface area contributed by atoms with Crippen molar-refractivity contribution in [1.82, 2.24) is 5.32 Å². The average molecular weight is 240 g/mol. The van der Waals surface area contributed by atoms with Crippen molar-refractivity contribution in [3.8, 4) is 11.1 Å². The molecule has 0 aliphatic heterocycles. The maximum Gasteiger partial charge on any atom is 0.0340 e. The third-order valence-corrected chi connectivity index (χ3v) is 2.92. The van der Waals surface area contributed by atoms with E-state index in [9.17, 15) is 0 Å². The van der Waals surface area contributed by atoms with Gasteiger partial charge in [0.2, 0.25) is 0 Å². The third-order valence-electron chi connectivity index (χ3n) is 2.92. The number of rotatable bonds is 6. The molecule has 0 bridgehead atoms. The Bertz CT molecular complexity index is 448. The Morgan fingerprint density at radius 3 is 2.11 bits per heavy atom. The van der Waals surface area contributed by atoms with Gasteiger partial charge in [0.1, 0.15) is 0 Å². The molecule has 94 valence electrons. The lowest BCUT2D eigenvalue weighted by atomic mass is 10.1. The fraction of sp³-hybridized carbons (Fsp3) is 0.250. The first-order valence-corrected chi connectivity index (χ1v) is 6.44. The zero-order valence-corrected chi connectivity index (χ0v) is 10.8. The molecular weight excluding hydrogens is 220 g/mol. The Hall–Kier alpha value is -1.80. The van der Waals surface area contributed by atoms with Crippen LogP contribution in [0.3, 0.4) is 0 Å². The summed E-state index contributed by atoms with van der Waals surface area (Å²) in [6, 6.07) is 19.1. The molecule has 0 radical (unpaired) electrons. The van der Waals surface area contributed by atoms with Crippen molar-refractivity contribution in [2.24, 2.45) is 0 Å². The van der Waals surface area contributed by atoms with Crippen LogP contribution in [0.15, 0.2) is 54.6 Å². The van der Waals surface area contributed by atoms with Crippen LogP contribution in [0.4, 0.5) is 5.69 Å². The first-order chi connectivity index (χ1) is 8.90. The van der Waals surface area contributed by atoms with E-state index in [0.29, 0.717) is 0 Å². The monoisotopic (exact) mass is 240 g/mol. The molecule has 18 heavy (non-hydrogen) atoms. The maximum atomic E-state index is 3.42. The molecule has 0 aromatic heterocycles. The lowest BCUT2D eigenvalue weighted by Crippen LogP contribution is -2.12. The van der Waals surface area contributed by atoms with Crippen LogP contribution in [0.1, 0.15) is 6.42 Å². The Morgan fingerprint density at radius 2 is 1.44 bits per heavy atom. The molecule has 0 aliphatic carbocycles. The molecule has 0 unspecified atom stereocenters. The van der Waals surface area contributed by atoms with Crippen LogP contribution in [0.5, 0.6) is 0 Å². The highest BCUT2D eigenvalue weighted by molar-refractivity contribution is 5.65. The summed E-state index contributed by atoms with van der Waals surface area (Å²) in [7, 11) is 1.98. The summed E-state index contributed by atoms with van der Waals surface area (Å²) in [5.74, 6) is 0. The third kappa shape index (κ3) is 3.60. The van der Waals surface area contributed by atoms with Crippen molar-refractivity contribution in [2.75, 3.05) is 25.5 Å². The highest BCUT2D eigenvalue weighted by Crippen LogP contribution is 2.20. The number of anilines is 1. The summed E-state index contributed by atoms with van der Waals surface area (Å²) in [4.78, 5) is 0.